The first-order valence-corrected chi connectivity index (χ1v) is 9.61. The van der Waals surface area contributed by atoms with Gasteiger partial charge in [-0.1, -0.05) is 103 Å². The van der Waals surface area contributed by atoms with Gasteiger partial charge in [0.05, 0.1) is 5.69 Å². The van der Waals surface area contributed by atoms with Crippen LogP contribution in [-0.2, 0) is 0 Å². The highest BCUT2D eigenvalue weighted by Crippen LogP contribution is 2.41. The first-order valence-electron chi connectivity index (χ1n) is 9.61. The summed E-state index contributed by atoms with van der Waals surface area (Å²) in [7, 11) is 2.18. The Bertz CT molecular complexity index is 1270. The maximum Gasteiger partial charge on any atom is 0.0567 e. The Kier molecular flexibility index (Phi) is 4.06. The van der Waals surface area contributed by atoms with Crippen LogP contribution >= 0.6 is 0 Å². The van der Waals surface area contributed by atoms with Gasteiger partial charge in [0.1, 0.15) is 0 Å². The Hall–Kier alpha value is -3.58. The van der Waals surface area contributed by atoms with Crippen LogP contribution in [0.1, 0.15) is 0 Å². The summed E-state index contributed by atoms with van der Waals surface area (Å²) >= 11 is 0. The molecule has 28 heavy (non-hydrogen) atoms. The van der Waals surface area contributed by atoms with Gasteiger partial charge in [-0.15, -0.1) is 0 Å². The molecule has 0 N–H and O–H groups in total. The molecule has 0 atom stereocenters. The van der Waals surface area contributed by atoms with Gasteiger partial charge >= 0.3 is 0 Å². The smallest absolute Gasteiger partial charge is 0.0567 e. The van der Waals surface area contributed by atoms with E-state index in [0.29, 0.717) is 0 Å². The molecule has 1 nitrogen and oxygen atoms in total. The molecular formula is C27H21N. The van der Waals surface area contributed by atoms with Crippen LogP contribution in [0.2, 0.25) is 0 Å². The molecule has 5 aromatic rings. The lowest BCUT2D eigenvalue weighted by Gasteiger charge is -2.26. The molecule has 5 aromatic carbocycles. The second-order valence-corrected chi connectivity index (χ2v) is 7.11. The van der Waals surface area contributed by atoms with E-state index in [1.165, 1.54) is 44.0 Å². The number of rotatable bonds is 3. The van der Waals surface area contributed by atoms with E-state index in [1.54, 1.807) is 0 Å². The van der Waals surface area contributed by atoms with Gasteiger partial charge in [-0.05, 0) is 22.4 Å². The molecule has 134 valence electrons. The van der Waals surface area contributed by atoms with E-state index < -0.39 is 0 Å². The van der Waals surface area contributed by atoms with E-state index in [-0.39, 0.29) is 0 Å². The molecule has 0 saturated heterocycles. The topological polar surface area (TPSA) is 3.24 Å². The Morgan fingerprint density at radius 3 is 1.89 bits per heavy atom. The van der Waals surface area contributed by atoms with Crippen molar-refractivity contribution in [3.8, 4) is 11.1 Å². The fourth-order valence-electron chi connectivity index (χ4n) is 4.09. The Balaban J connectivity index is 1.81. The van der Waals surface area contributed by atoms with Gasteiger partial charge in [0.15, 0.2) is 0 Å². The van der Waals surface area contributed by atoms with Crippen molar-refractivity contribution in [1.29, 1.82) is 0 Å². The molecular weight excluding hydrogens is 338 g/mol. The largest absolute Gasteiger partial charge is 0.343 e. The first-order chi connectivity index (χ1) is 13.8. The molecule has 0 heterocycles. The third-order valence-corrected chi connectivity index (χ3v) is 5.45. The fraction of sp³-hybridized carbons (Fsp3) is 0.0370. The molecule has 0 saturated carbocycles. The van der Waals surface area contributed by atoms with Crippen LogP contribution in [-0.4, -0.2) is 7.05 Å². The molecule has 1 heteroatoms. The average Bonchev–Trinajstić information content (AvgIpc) is 2.78. The van der Waals surface area contributed by atoms with Crippen LogP contribution in [0.15, 0.2) is 109 Å². The maximum atomic E-state index is 2.34. The van der Waals surface area contributed by atoms with Crippen molar-refractivity contribution in [3.63, 3.8) is 0 Å². The third-order valence-electron chi connectivity index (χ3n) is 5.45. The van der Waals surface area contributed by atoms with E-state index in [4.69, 9.17) is 0 Å². The minimum atomic E-state index is 1.21. The van der Waals surface area contributed by atoms with Gasteiger partial charge < -0.3 is 4.90 Å². The summed E-state index contributed by atoms with van der Waals surface area (Å²) in [6.45, 7) is 0. The summed E-state index contributed by atoms with van der Waals surface area (Å²) in [4.78, 5) is 2.34. The zero-order valence-corrected chi connectivity index (χ0v) is 15.8. The van der Waals surface area contributed by atoms with E-state index in [0.717, 1.165) is 0 Å². The molecule has 0 amide bonds. The predicted octanol–water partition coefficient (Wildman–Crippen LogP) is 7.43. The molecule has 0 aliphatic heterocycles. The van der Waals surface area contributed by atoms with Crippen LogP contribution in [0, 0.1) is 0 Å². The molecule has 0 radical (unpaired) electrons. The summed E-state index contributed by atoms with van der Waals surface area (Å²) in [5, 5.41) is 5.04. The number of nitrogens with zero attached hydrogens (tertiary/aromatic N) is 1. The van der Waals surface area contributed by atoms with Gasteiger partial charge in [-0.3, -0.25) is 0 Å². The highest BCUT2D eigenvalue weighted by atomic mass is 15.1. The van der Waals surface area contributed by atoms with Crippen molar-refractivity contribution in [1.82, 2.24) is 0 Å². The Morgan fingerprint density at radius 1 is 0.500 bits per heavy atom. The van der Waals surface area contributed by atoms with Crippen molar-refractivity contribution < 1.29 is 0 Å². The van der Waals surface area contributed by atoms with Gasteiger partial charge in [0, 0.05) is 29.1 Å². The molecule has 0 unspecified atom stereocenters. The monoisotopic (exact) mass is 359 g/mol. The molecule has 5 rings (SSSR count). The Morgan fingerprint density at radius 2 is 1.11 bits per heavy atom. The van der Waals surface area contributed by atoms with Crippen molar-refractivity contribution >= 4 is 32.9 Å². The maximum absolute atomic E-state index is 2.34. The quantitative estimate of drug-likeness (QED) is 0.324. The summed E-state index contributed by atoms with van der Waals surface area (Å²) in [6.07, 6.45) is 0. The van der Waals surface area contributed by atoms with Crippen molar-refractivity contribution in [3.05, 3.63) is 109 Å². The minimum absolute atomic E-state index is 1.21. The molecule has 0 aliphatic carbocycles. The molecule has 0 fully saturated rings. The van der Waals surface area contributed by atoms with Crippen LogP contribution < -0.4 is 4.90 Å². The molecule has 0 aromatic heterocycles. The zero-order chi connectivity index (χ0) is 18.9. The van der Waals surface area contributed by atoms with Crippen molar-refractivity contribution in [2.75, 3.05) is 11.9 Å². The number of fused-ring (bicyclic) bond motifs is 2. The standard InChI is InChI=1S/C27H21N/c1-28(26-17-9-14-20-12-5-7-15-23(20)26)27-24-16-8-6-13-22(24)18-19-25(27)21-10-3-2-4-11-21/h2-19H,1H3. The molecule has 0 bridgehead atoms. The van der Waals surface area contributed by atoms with E-state index in [9.17, 15) is 0 Å². The van der Waals surface area contributed by atoms with Gasteiger partial charge in [0.2, 0.25) is 0 Å². The number of hydrogen-bond donors (Lipinski definition) is 0. The number of benzene rings is 5. The summed E-state index contributed by atoms with van der Waals surface area (Å²) in [5.74, 6) is 0. The van der Waals surface area contributed by atoms with E-state index >= 15 is 0 Å². The van der Waals surface area contributed by atoms with Crippen molar-refractivity contribution in [2.24, 2.45) is 0 Å². The van der Waals surface area contributed by atoms with Gasteiger partial charge in [0.25, 0.3) is 0 Å². The SMILES string of the molecule is CN(c1cccc2ccccc12)c1c(-c2ccccc2)ccc2ccccc12. The van der Waals surface area contributed by atoms with E-state index in [2.05, 4.69) is 121 Å². The summed E-state index contributed by atoms with van der Waals surface area (Å²) in [6, 6.07) is 38.9. The second kappa shape index (κ2) is 6.86. The van der Waals surface area contributed by atoms with Gasteiger partial charge in [-0.25, -0.2) is 0 Å². The lowest BCUT2D eigenvalue weighted by molar-refractivity contribution is 1.24. The number of hydrogen-bond acceptors (Lipinski definition) is 1. The summed E-state index contributed by atoms with van der Waals surface area (Å²) < 4.78 is 0. The second-order valence-electron chi connectivity index (χ2n) is 7.11. The third kappa shape index (κ3) is 2.73. The fourth-order valence-corrected chi connectivity index (χ4v) is 4.09. The van der Waals surface area contributed by atoms with Gasteiger partial charge in [-0.2, -0.15) is 0 Å². The normalized spacial score (nSPS) is 11.0. The van der Waals surface area contributed by atoms with Crippen LogP contribution in [0.5, 0.6) is 0 Å². The Labute approximate surface area is 165 Å². The highest BCUT2D eigenvalue weighted by Gasteiger charge is 2.16. The van der Waals surface area contributed by atoms with Crippen LogP contribution in [0.25, 0.3) is 32.7 Å². The lowest BCUT2D eigenvalue weighted by Crippen LogP contribution is -2.12. The van der Waals surface area contributed by atoms with Crippen LogP contribution in [0.4, 0.5) is 11.4 Å². The van der Waals surface area contributed by atoms with Crippen molar-refractivity contribution in [2.45, 2.75) is 0 Å². The van der Waals surface area contributed by atoms with Crippen LogP contribution in [0.3, 0.4) is 0 Å². The highest BCUT2D eigenvalue weighted by molar-refractivity contribution is 6.06. The average molecular weight is 359 g/mol. The first kappa shape index (κ1) is 16.6. The lowest BCUT2D eigenvalue weighted by atomic mass is 9.97. The summed E-state index contributed by atoms with van der Waals surface area (Å²) in [5.41, 5.74) is 4.93. The minimum Gasteiger partial charge on any atom is -0.343 e. The molecule has 0 spiro atoms. The van der Waals surface area contributed by atoms with E-state index in [1.807, 2.05) is 0 Å². The zero-order valence-electron chi connectivity index (χ0n) is 15.8. The molecule has 0 aliphatic rings. The predicted molar refractivity (Wildman–Crippen MR) is 121 cm³/mol. The number of anilines is 2.